The fourth-order valence-corrected chi connectivity index (χ4v) is 2.72. The molecule has 0 aliphatic heterocycles. The molecule has 0 radical (unpaired) electrons. The van der Waals surface area contributed by atoms with Gasteiger partial charge < -0.3 is 4.74 Å². The Hall–Kier alpha value is -2.66. The van der Waals surface area contributed by atoms with Crippen LogP contribution in [0.4, 0.5) is 0 Å². The van der Waals surface area contributed by atoms with Crippen LogP contribution in [0.2, 0.25) is 0 Å². The highest BCUT2D eigenvalue weighted by molar-refractivity contribution is 8.15. The molecule has 0 unspecified atom stereocenters. The molecule has 0 amide bonds. The summed E-state index contributed by atoms with van der Waals surface area (Å²) in [5.41, 5.74) is 1.42. The Labute approximate surface area is 150 Å². The van der Waals surface area contributed by atoms with Crippen molar-refractivity contribution in [3.63, 3.8) is 0 Å². The Morgan fingerprint density at radius 3 is 2.12 bits per heavy atom. The smallest absolute Gasteiger partial charge is 0.335 e. The van der Waals surface area contributed by atoms with Gasteiger partial charge in [0.1, 0.15) is 5.75 Å². The Morgan fingerprint density at radius 2 is 1.60 bits per heavy atom. The molecule has 2 aromatic rings. The molecule has 4 nitrogen and oxygen atoms in total. The first-order chi connectivity index (χ1) is 11.9. The van der Waals surface area contributed by atoms with Crippen molar-refractivity contribution in [2.24, 2.45) is 0 Å². The topological polar surface area (TPSA) is 60.4 Å². The zero-order valence-corrected chi connectivity index (χ0v) is 14.8. The minimum absolute atomic E-state index is 0.245. The molecule has 128 valence electrons. The maximum Gasteiger partial charge on any atom is 0.335 e. The van der Waals surface area contributed by atoms with Crippen LogP contribution in [0.25, 0.3) is 0 Å². The molecule has 2 rings (SSSR count). The number of hydrogen-bond donors (Lipinski definition) is 0. The second kappa shape index (κ2) is 8.44. The summed E-state index contributed by atoms with van der Waals surface area (Å²) in [6, 6.07) is 13.4. The van der Waals surface area contributed by atoms with Crippen LogP contribution in [-0.2, 0) is 9.59 Å². The maximum absolute atomic E-state index is 12.2. The van der Waals surface area contributed by atoms with E-state index in [9.17, 15) is 14.4 Å². The molecule has 0 aromatic heterocycles. The molecule has 0 heterocycles. The van der Waals surface area contributed by atoms with Gasteiger partial charge in [-0.1, -0.05) is 32.6 Å². The molecule has 0 bridgehead atoms. The number of ketones is 1. The fraction of sp³-hybridized carbons (Fsp3) is 0.150. The Balaban J connectivity index is 2.02. The van der Waals surface area contributed by atoms with Gasteiger partial charge in [0, 0.05) is 16.5 Å². The summed E-state index contributed by atoms with van der Waals surface area (Å²) in [7, 11) is 0. The molecular formula is C20H18O4S. The molecule has 25 heavy (non-hydrogen) atoms. The quantitative estimate of drug-likeness (QED) is 0.192. The van der Waals surface area contributed by atoms with E-state index in [0.29, 0.717) is 5.92 Å². The first kappa shape index (κ1) is 18.7. The summed E-state index contributed by atoms with van der Waals surface area (Å²) in [4.78, 5) is 36.2. The highest BCUT2D eigenvalue weighted by atomic mass is 32.2. The molecule has 0 fully saturated rings. The second-order valence-electron chi connectivity index (χ2n) is 5.59. The third-order valence-electron chi connectivity index (χ3n) is 3.44. The lowest BCUT2D eigenvalue weighted by Gasteiger charge is -2.06. The molecule has 0 aliphatic rings. The van der Waals surface area contributed by atoms with Gasteiger partial charge in [0.15, 0.2) is 0 Å². The molecule has 2 aromatic carbocycles. The van der Waals surface area contributed by atoms with Crippen LogP contribution < -0.4 is 4.74 Å². The highest BCUT2D eigenvalue weighted by Gasteiger charge is 2.18. The SMILES string of the molecule is C=CC(=O)Oc1ccc(C(=O)C(=O)Sc2ccc(C(C)C)cc2)cc1. The summed E-state index contributed by atoms with van der Waals surface area (Å²) >= 11 is 0.898. The first-order valence-electron chi connectivity index (χ1n) is 7.71. The predicted octanol–water partition coefficient (Wildman–Crippen LogP) is 4.40. The van der Waals surface area contributed by atoms with Crippen LogP contribution in [0.1, 0.15) is 35.7 Å². The Bertz CT molecular complexity index is 789. The van der Waals surface area contributed by atoms with Crippen LogP contribution in [0.3, 0.4) is 0 Å². The van der Waals surface area contributed by atoms with Crippen molar-refractivity contribution in [3.05, 3.63) is 72.3 Å². The first-order valence-corrected chi connectivity index (χ1v) is 8.53. The maximum atomic E-state index is 12.2. The van der Waals surface area contributed by atoms with Crippen molar-refractivity contribution in [3.8, 4) is 5.75 Å². The molecular weight excluding hydrogens is 336 g/mol. The highest BCUT2D eigenvalue weighted by Crippen LogP contribution is 2.24. The lowest BCUT2D eigenvalue weighted by atomic mass is 10.0. The normalized spacial score (nSPS) is 10.4. The number of ether oxygens (including phenoxy) is 1. The number of rotatable bonds is 6. The average Bonchev–Trinajstić information content (AvgIpc) is 2.62. The number of esters is 1. The van der Waals surface area contributed by atoms with Gasteiger partial charge in [0.05, 0.1) is 0 Å². The zero-order valence-electron chi connectivity index (χ0n) is 14.0. The van der Waals surface area contributed by atoms with E-state index in [4.69, 9.17) is 4.74 Å². The summed E-state index contributed by atoms with van der Waals surface area (Å²) < 4.78 is 4.93. The zero-order chi connectivity index (χ0) is 18.4. The number of carbonyl (C=O) groups is 3. The molecule has 0 aliphatic carbocycles. The molecule has 0 saturated carbocycles. The van der Waals surface area contributed by atoms with Gasteiger partial charge in [-0.25, -0.2) is 4.79 Å². The summed E-state index contributed by atoms with van der Waals surface area (Å²) in [6.45, 7) is 7.48. The van der Waals surface area contributed by atoms with Crippen molar-refractivity contribution in [1.29, 1.82) is 0 Å². The van der Waals surface area contributed by atoms with Gasteiger partial charge in [0.25, 0.3) is 5.12 Å². The van der Waals surface area contributed by atoms with Crippen molar-refractivity contribution in [2.45, 2.75) is 24.7 Å². The second-order valence-corrected chi connectivity index (χ2v) is 6.64. The van der Waals surface area contributed by atoms with Gasteiger partial charge in [-0.05, 0) is 59.6 Å². The van der Waals surface area contributed by atoms with Crippen molar-refractivity contribution in [2.75, 3.05) is 0 Å². The van der Waals surface area contributed by atoms with E-state index in [1.54, 1.807) is 0 Å². The number of thioether (sulfide) groups is 1. The summed E-state index contributed by atoms with van der Waals surface area (Å²) in [5.74, 6) is -0.494. The third kappa shape index (κ3) is 5.16. The predicted molar refractivity (Wildman–Crippen MR) is 98.0 cm³/mol. The minimum Gasteiger partial charge on any atom is -0.423 e. The van der Waals surface area contributed by atoms with E-state index in [1.165, 1.54) is 29.8 Å². The molecule has 0 saturated heterocycles. The van der Waals surface area contributed by atoms with Gasteiger partial charge in [-0.2, -0.15) is 0 Å². The van der Waals surface area contributed by atoms with E-state index in [1.807, 2.05) is 24.3 Å². The third-order valence-corrected chi connectivity index (χ3v) is 4.32. The van der Waals surface area contributed by atoms with Gasteiger partial charge in [-0.15, -0.1) is 0 Å². The molecule has 0 atom stereocenters. The van der Waals surface area contributed by atoms with Crippen LogP contribution in [0.15, 0.2) is 66.1 Å². The fourth-order valence-electron chi connectivity index (χ4n) is 2.02. The Kier molecular flexibility index (Phi) is 6.31. The average molecular weight is 354 g/mol. The van der Waals surface area contributed by atoms with E-state index >= 15 is 0 Å². The lowest BCUT2D eigenvalue weighted by Crippen LogP contribution is -2.10. The minimum atomic E-state index is -0.598. The largest absolute Gasteiger partial charge is 0.423 e. The molecule has 5 heteroatoms. The summed E-state index contributed by atoms with van der Waals surface area (Å²) in [6.07, 6.45) is 1.05. The summed E-state index contributed by atoms with van der Waals surface area (Å²) in [5, 5.41) is -0.562. The van der Waals surface area contributed by atoms with E-state index in [-0.39, 0.29) is 11.3 Å². The van der Waals surface area contributed by atoms with Crippen LogP contribution in [0, 0.1) is 0 Å². The molecule has 0 N–H and O–H groups in total. The van der Waals surface area contributed by atoms with Gasteiger partial charge >= 0.3 is 5.97 Å². The van der Waals surface area contributed by atoms with E-state index < -0.39 is 16.9 Å². The van der Waals surface area contributed by atoms with Gasteiger partial charge in [0.2, 0.25) is 5.78 Å². The number of Topliss-reactive ketones (excluding diaryl/α,β-unsaturated/α-hetero) is 1. The Morgan fingerprint density at radius 1 is 1.00 bits per heavy atom. The van der Waals surface area contributed by atoms with Gasteiger partial charge in [-0.3, -0.25) is 9.59 Å². The number of hydrogen-bond acceptors (Lipinski definition) is 5. The van der Waals surface area contributed by atoms with Crippen LogP contribution in [-0.4, -0.2) is 16.9 Å². The lowest BCUT2D eigenvalue weighted by molar-refractivity contribution is -0.129. The van der Waals surface area contributed by atoms with Crippen LogP contribution in [0.5, 0.6) is 5.75 Å². The van der Waals surface area contributed by atoms with E-state index in [2.05, 4.69) is 20.4 Å². The van der Waals surface area contributed by atoms with Crippen molar-refractivity contribution < 1.29 is 19.1 Å². The molecule has 0 spiro atoms. The number of carbonyl (C=O) groups excluding carboxylic acids is 3. The van der Waals surface area contributed by atoms with Crippen LogP contribution >= 0.6 is 11.8 Å². The van der Waals surface area contributed by atoms with E-state index in [0.717, 1.165) is 22.7 Å². The number of benzene rings is 2. The van der Waals surface area contributed by atoms with Crippen molar-refractivity contribution >= 4 is 28.6 Å². The van der Waals surface area contributed by atoms with Crippen molar-refractivity contribution in [1.82, 2.24) is 0 Å². The standard InChI is InChI=1S/C20H18O4S/c1-4-18(21)24-16-9-5-15(6-10-16)19(22)20(23)25-17-11-7-14(8-12-17)13(2)3/h4-13H,1H2,2-3H3. The monoisotopic (exact) mass is 354 g/mol.